The number of aliphatic hydroxyl groups excluding tert-OH is 4. The van der Waals surface area contributed by atoms with Gasteiger partial charge in [-0.25, -0.2) is 0 Å². The van der Waals surface area contributed by atoms with Crippen molar-refractivity contribution in [2.75, 3.05) is 45.0 Å². The SMILES string of the molecule is CN(C)c1cc(NCc2ccccc2O[C@@H]2O[C@H](CO)[C@@H](O)[C@H](O)[C@H]2O)c(O)c2c1C[C@H]1C[C@H]3[C@H](N(C)C)C(=O)C(C(N)=O)C(=O)[C@@]3(O)C(=O)C1C2=O. The van der Waals surface area contributed by atoms with E-state index >= 15 is 0 Å². The van der Waals surface area contributed by atoms with Gasteiger partial charge in [0, 0.05) is 37.8 Å². The van der Waals surface area contributed by atoms with Crippen LogP contribution in [0.2, 0.25) is 0 Å². The largest absolute Gasteiger partial charge is 0.505 e. The molecule has 9 N–H and O–H groups in total. The highest BCUT2D eigenvalue weighted by Gasteiger charge is 2.69. The van der Waals surface area contributed by atoms with Crippen LogP contribution < -0.4 is 20.7 Å². The highest BCUT2D eigenvalue weighted by molar-refractivity contribution is 6.32. The Balaban J connectivity index is 1.33. The van der Waals surface area contributed by atoms with Crippen LogP contribution in [0.25, 0.3) is 0 Å². The van der Waals surface area contributed by atoms with Crippen molar-refractivity contribution in [1.29, 1.82) is 0 Å². The van der Waals surface area contributed by atoms with E-state index in [0.29, 0.717) is 16.8 Å². The molecule has 2 unspecified atom stereocenters. The van der Waals surface area contributed by atoms with E-state index in [1.165, 1.54) is 19.0 Å². The third-order valence-electron chi connectivity index (χ3n) is 11.1. The fraction of sp³-hybridized carbons (Fsp3) is 0.528. The number of phenolic OH excluding ortho intramolecular Hbond substituents is 1. The highest BCUT2D eigenvalue weighted by Crippen LogP contribution is 2.53. The Hall–Kier alpha value is -4.49. The third-order valence-corrected chi connectivity index (χ3v) is 11.1. The van der Waals surface area contributed by atoms with Gasteiger partial charge in [0.2, 0.25) is 12.2 Å². The van der Waals surface area contributed by atoms with Gasteiger partial charge in [0.05, 0.1) is 29.8 Å². The summed E-state index contributed by atoms with van der Waals surface area (Å²) in [6.45, 7) is -0.678. The van der Waals surface area contributed by atoms with Gasteiger partial charge in [-0.05, 0) is 50.6 Å². The highest BCUT2D eigenvalue weighted by atomic mass is 16.7. The Labute approximate surface area is 303 Å². The molecule has 1 aliphatic heterocycles. The van der Waals surface area contributed by atoms with E-state index in [1.54, 1.807) is 49.3 Å². The van der Waals surface area contributed by atoms with Crippen LogP contribution in [0.1, 0.15) is 27.9 Å². The lowest BCUT2D eigenvalue weighted by atomic mass is 9.52. The molecule has 286 valence electrons. The lowest BCUT2D eigenvalue weighted by Gasteiger charge is -2.52. The van der Waals surface area contributed by atoms with Crippen LogP contribution in [0.4, 0.5) is 11.4 Å². The zero-order valence-corrected chi connectivity index (χ0v) is 29.5. The molecule has 4 aliphatic rings. The number of carbonyl (C=O) groups is 5. The normalized spacial score (nSPS) is 33.9. The van der Waals surface area contributed by atoms with Crippen LogP contribution >= 0.6 is 0 Å². The first-order valence-corrected chi connectivity index (χ1v) is 17.1. The maximum absolute atomic E-state index is 14.4. The number of aromatic hydroxyl groups is 1. The van der Waals surface area contributed by atoms with E-state index in [-0.39, 0.29) is 36.4 Å². The lowest BCUT2D eigenvalue weighted by molar-refractivity contribution is -0.277. The molecule has 0 spiro atoms. The predicted octanol–water partition coefficient (Wildman–Crippen LogP) is -2.28. The number of para-hydroxylation sites is 1. The summed E-state index contributed by atoms with van der Waals surface area (Å²) in [6.07, 6.45) is -7.55. The van der Waals surface area contributed by atoms with Crippen LogP contribution in [0.3, 0.4) is 0 Å². The Bertz CT molecular complexity index is 1850. The smallest absolute Gasteiger partial charge is 0.235 e. The number of nitrogens with one attached hydrogen (secondary N) is 1. The molecule has 3 fully saturated rings. The number of phenols is 1. The molecule has 17 heteroatoms. The number of primary amides is 1. The number of hydrogen-bond acceptors (Lipinski definition) is 16. The van der Waals surface area contributed by atoms with Gasteiger partial charge in [0.1, 0.15) is 35.9 Å². The van der Waals surface area contributed by atoms with Crippen LogP contribution in [0.15, 0.2) is 30.3 Å². The van der Waals surface area contributed by atoms with E-state index in [2.05, 4.69) is 5.32 Å². The van der Waals surface area contributed by atoms with Gasteiger partial charge in [0.25, 0.3) is 0 Å². The van der Waals surface area contributed by atoms with Crippen molar-refractivity contribution in [3.05, 3.63) is 47.0 Å². The summed E-state index contributed by atoms with van der Waals surface area (Å²) in [5.41, 5.74) is 3.89. The summed E-state index contributed by atoms with van der Waals surface area (Å²) < 4.78 is 11.3. The summed E-state index contributed by atoms with van der Waals surface area (Å²) in [7, 11) is 6.49. The molecule has 0 radical (unpaired) electrons. The maximum atomic E-state index is 14.4. The molecular formula is C36H44N4O13. The number of ether oxygens (including phenoxy) is 2. The Morgan fingerprint density at radius 3 is 2.34 bits per heavy atom. The number of amides is 1. The second-order valence-corrected chi connectivity index (χ2v) is 14.6. The second-order valence-electron chi connectivity index (χ2n) is 14.6. The van der Waals surface area contributed by atoms with E-state index < -0.39 is 107 Å². The van der Waals surface area contributed by atoms with Crippen molar-refractivity contribution in [3.8, 4) is 11.5 Å². The molecule has 17 nitrogen and oxygen atoms in total. The van der Waals surface area contributed by atoms with Gasteiger partial charge < -0.3 is 56.1 Å². The fourth-order valence-corrected chi connectivity index (χ4v) is 8.43. The van der Waals surface area contributed by atoms with Crippen molar-refractivity contribution < 1.29 is 64.1 Å². The number of ketones is 4. The molecule has 2 aromatic rings. The molecule has 53 heavy (non-hydrogen) atoms. The minimum Gasteiger partial charge on any atom is -0.505 e. The van der Waals surface area contributed by atoms with Crippen LogP contribution in [-0.4, -0.2) is 142 Å². The zero-order valence-electron chi connectivity index (χ0n) is 29.5. The molecular weight excluding hydrogens is 696 g/mol. The summed E-state index contributed by atoms with van der Waals surface area (Å²) in [4.78, 5) is 71.0. The van der Waals surface area contributed by atoms with Gasteiger partial charge in [-0.15, -0.1) is 0 Å². The second kappa shape index (κ2) is 14.1. The minimum absolute atomic E-state index is 0.0314. The van der Waals surface area contributed by atoms with E-state index in [1.807, 2.05) is 0 Å². The minimum atomic E-state index is -2.85. The van der Waals surface area contributed by atoms with Crippen molar-refractivity contribution in [2.45, 2.75) is 61.7 Å². The van der Waals surface area contributed by atoms with E-state index in [0.717, 1.165) is 0 Å². The van der Waals surface area contributed by atoms with E-state index in [9.17, 15) is 54.6 Å². The van der Waals surface area contributed by atoms with Gasteiger partial charge >= 0.3 is 0 Å². The molecule has 6 rings (SSSR count). The third kappa shape index (κ3) is 6.05. The van der Waals surface area contributed by atoms with Gasteiger partial charge in [-0.2, -0.15) is 0 Å². The number of likely N-dealkylation sites (N-methyl/N-ethyl adjacent to an activating group) is 1. The Morgan fingerprint density at radius 1 is 1.04 bits per heavy atom. The fourth-order valence-electron chi connectivity index (χ4n) is 8.43. The van der Waals surface area contributed by atoms with Gasteiger partial charge in [-0.1, -0.05) is 18.2 Å². The Morgan fingerprint density at radius 2 is 1.72 bits per heavy atom. The van der Waals surface area contributed by atoms with Crippen LogP contribution in [0.5, 0.6) is 11.5 Å². The summed E-state index contributed by atoms with van der Waals surface area (Å²) in [6, 6.07) is 6.95. The average molecular weight is 741 g/mol. The predicted molar refractivity (Wildman–Crippen MR) is 184 cm³/mol. The van der Waals surface area contributed by atoms with Crippen molar-refractivity contribution in [1.82, 2.24) is 4.90 Å². The van der Waals surface area contributed by atoms with Gasteiger partial charge in [0.15, 0.2) is 34.7 Å². The molecule has 1 heterocycles. The van der Waals surface area contributed by atoms with E-state index in [4.69, 9.17) is 15.2 Å². The van der Waals surface area contributed by atoms with Crippen molar-refractivity contribution in [2.24, 2.45) is 29.4 Å². The van der Waals surface area contributed by atoms with Crippen LogP contribution in [-0.2, 0) is 36.9 Å². The monoisotopic (exact) mass is 740 g/mol. The Kier molecular flexibility index (Phi) is 10.1. The number of hydrogen-bond donors (Lipinski definition) is 8. The summed E-state index contributed by atoms with van der Waals surface area (Å²) in [5.74, 6) is -11.4. The first kappa shape index (κ1) is 38.2. The van der Waals surface area contributed by atoms with Gasteiger partial charge in [-0.3, -0.25) is 28.9 Å². The molecule has 2 aromatic carbocycles. The number of Topliss-reactive ketones (excluding diaryl/α,β-unsaturated/α-hetero) is 4. The van der Waals surface area contributed by atoms with Crippen LogP contribution in [0, 0.1) is 23.7 Å². The first-order chi connectivity index (χ1) is 24.9. The number of rotatable bonds is 9. The number of aliphatic hydroxyl groups is 5. The quantitative estimate of drug-likeness (QED) is 0.0994. The number of fused-ring (bicyclic) bond motifs is 3. The molecule has 1 amide bonds. The number of benzene rings is 2. The zero-order chi connectivity index (χ0) is 38.8. The number of nitrogens with zero attached hydrogens (tertiary/aromatic N) is 2. The topological polar surface area (TPSA) is 270 Å². The van der Waals surface area contributed by atoms with Crippen molar-refractivity contribution in [3.63, 3.8) is 0 Å². The summed E-state index contributed by atoms with van der Waals surface area (Å²) >= 11 is 0. The number of nitrogens with two attached hydrogens (primary N) is 1. The average Bonchev–Trinajstić information content (AvgIpc) is 3.09. The molecule has 0 bridgehead atoms. The maximum Gasteiger partial charge on any atom is 0.235 e. The number of carbonyl (C=O) groups excluding carboxylic acids is 5. The number of anilines is 2. The lowest BCUT2D eigenvalue weighted by Crippen LogP contribution is -2.74. The summed E-state index contributed by atoms with van der Waals surface area (Å²) in [5, 5.41) is 67.0. The first-order valence-electron chi connectivity index (χ1n) is 17.1. The molecule has 0 aromatic heterocycles. The molecule has 2 saturated carbocycles. The standard InChI is InChI=1S/C36H44N4O13/c1-39(2)19-11-18(38-12-14-7-5-6-8-20(14)52-35-31(47)30(46)27(43)21(13-41)53-35)26(42)23-16(19)9-15-10-17-25(40(3)4)29(45)24(34(37)50)33(49)36(17,51)32(48)22(15)28(23)44/h5-8,11,15,17,21-22,24-25,27,30-31,35,38,41-43,46-47,51H,9-10,12-13H2,1-4H3,(H2,37,50)/t15-,17-,21+,22?,24?,25-,27+,30-,31+,35+,36-/m0/s1. The molecule has 3 aliphatic carbocycles. The molecule has 1 saturated heterocycles. The molecule has 11 atom stereocenters. The van der Waals surface area contributed by atoms with Crippen molar-refractivity contribution >= 4 is 40.4 Å².